The first kappa shape index (κ1) is 21.6. The fraction of sp³-hybridized carbons (Fsp3) is 0.409. The summed E-state index contributed by atoms with van der Waals surface area (Å²) in [5, 5.41) is 5.50. The Morgan fingerprint density at radius 2 is 2.13 bits per heavy atom. The third-order valence-electron chi connectivity index (χ3n) is 5.19. The molecule has 0 spiro atoms. The second-order valence-electron chi connectivity index (χ2n) is 7.60. The second-order valence-corrected chi connectivity index (χ2v) is 8.43. The lowest BCUT2D eigenvalue weighted by molar-refractivity contribution is -0.141. The number of esters is 1. The number of nitrogens with one attached hydrogen (secondary N) is 1. The van der Waals surface area contributed by atoms with Crippen LogP contribution < -0.4 is 5.32 Å². The first-order valence-corrected chi connectivity index (χ1v) is 11.0. The van der Waals surface area contributed by atoms with E-state index in [1.807, 2.05) is 10.3 Å². The predicted molar refractivity (Wildman–Crippen MR) is 115 cm³/mol. The highest BCUT2D eigenvalue weighted by molar-refractivity contribution is 8.16. The molecular weight excluding hydrogens is 421 g/mol. The molecule has 1 saturated carbocycles. The van der Waals surface area contributed by atoms with Gasteiger partial charge in [0.1, 0.15) is 12.4 Å². The van der Waals surface area contributed by atoms with Crippen LogP contribution in [-0.4, -0.2) is 48.3 Å². The Kier molecular flexibility index (Phi) is 6.43. The van der Waals surface area contributed by atoms with E-state index in [4.69, 9.17) is 9.47 Å². The van der Waals surface area contributed by atoms with Gasteiger partial charge in [-0.3, -0.25) is 4.79 Å². The lowest BCUT2D eigenvalue weighted by Gasteiger charge is -2.36. The number of hydrogen-bond donors (Lipinski definition) is 1. The van der Waals surface area contributed by atoms with Crippen molar-refractivity contribution in [1.82, 2.24) is 10.2 Å². The maximum atomic E-state index is 14.1. The Morgan fingerprint density at radius 1 is 1.32 bits per heavy atom. The molecule has 2 aliphatic heterocycles. The van der Waals surface area contributed by atoms with Gasteiger partial charge in [-0.1, -0.05) is 23.9 Å². The second kappa shape index (κ2) is 9.23. The lowest BCUT2D eigenvalue weighted by Crippen LogP contribution is -2.38. The van der Waals surface area contributed by atoms with Gasteiger partial charge in [0.25, 0.3) is 0 Å². The number of methoxy groups -OCH3 is 1. The fourth-order valence-corrected chi connectivity index (χ4v) is 4.55. The minimum atomic E-state index is -0.645. The summed E-state index contributed by atoms with van der Waals surface area (Å²) in [7, 11) is 1.52. The molecule has 1 amide bonds. The third-order valence-corrected chi connectivity index (χ3v) is 6.08. The highest BCUT2D eigenvalue weighted by Gasteiger charge is 2.41. The summed E-state index contributed by atoms with van der Waals surface area (Å²) in [6.07, 6.45) is 2.15. The predicted octanol–water partition coefficient (Wildman–Crippen LogP) is 3.26. The number of nitrogens with zero attached hydrogens (tertiary/aromatic N) is 2. The van der Waals surface area contributed by atoms with E-state index in [-0.39, 0.29) is 31.6 Å². The van der Waals surface area contributed by atoms with Gasteiger partial charge in [-0.15, -0.1) is 0 Å². The van der Waals surface area contributed by atoms with Crippen LogP contribution in [0, 0.1) is 5.82 Å². The first-order valence-electron chi connectivity index (χ1n) is 10.1. The summed E-state index contributed by atoms with van der Waals surface area (Å²) in [5.74, 6) is -1.02. The molecule has 0 aromatic heterocycles. The summed E-state index contributed by atoms with van der Waals surface area (Å²) in [4.78, 5) is 31.9. The molecule has 1 aromatic carbocycles. The van der Waals surface area contributed by atoms with E-state index in [0.29, 0.717) is 27.7 Å². The number of ether oxygens (including phenoxy) is 2. The molecule has 164 valence electrons. The van der Waals surface area contributed by atoms with E-state index in [0.717, 1.165) is 12.8 Å². The summed E-state index contributed by atoms with van der Waals surface area (Å²) in [5.41, 5.74) is 2.13. The molecule has 2 heterocycles. The van der Waals surface area contributed by atoms with E-state index in [1.54, 1.807) is 19.1 Å². The molecule has 1 N–H and O–H groups in total. The van der Waals surface area contributed by atoms with Gasteiger partial charge in [0.05, 0.1) is 30.3 Å². The molecule has 0 bridgehead atoms. The van der Waals surface area contributed by atoms with E-state index < -0.39 is 17.8 Å². The number of carbonyl (C=O) groups excluding carboxylic acids is 2. The molecule has 3 aliphatic rings. The highest BCUT2D eigenvalue weighted by atomic mass is 32.2. The molecule has 1 aromatic rings. The quantitative estimate of drug-likeness (QED) is 0.489. The summed E-state index contributed by atoms with van der Waals surface area (Å²) < 4.78 is 24.5. The van der Waals surface area contributed by atoms with Crippen molar-refractivity contribution in [2.24, 2.45) is 4.99 Å². The van der Waals surface area contributed by atoms with Crippen molar-refractivity contribution >= 4 is 28.8 Å². The van der Waals surface area contributed by atoms with Crippen LogP contribution in [0.4, 0.5) is 4.39 Å². The first-order chi connectivity index (χ1) is 15.0. The molecule has 4 rings (SSSR count). The molecule has 7 nitrogen and oxygen atoms in total. The van der Waals surface area contributed by atoms with Crippen LogP contribution in [0.25, 0.3) is 0 Å². The molecule has 1 atom stereocenters. The fourth-order valence-electron chi connectivity index (χ4n) is 3.59. The zero-order chi connectivity index (χ0) is 22.0. The standard InChI is InChI=1S/C22H24FN3O4S/c1-13-19(21(28)30-9-8-29-2)20(14-4-3-5-15(23)10-14)26-17(12-31-22(26)24-13)11-18(27)25-16-6-7-16/h3-5,10,12,16,20H,6-9,11H2,1-2H3,(H,25,27). The van der Waals surface area contributed by atoms with Crippen molar-refractivity contribution in [3.8, 4) is 0 Å². The number of aliphatic imine (C=N–C) groups is 1. The van der Waals surface area contributed by atoms with Gasteiger partial charge < -0.3 is 19.7 Å². The van der Waals surface area contributed by atoms with Gasteiger partial charge >= 0.3 is 5.97 Å². The minimum Gasteiger partial charge on any atom is -0.460 e. The van der Waals surface area contributed by atoms with Crippen LogP contribution >= 0.6 is 11.8 Å². The van der Waals surface area contributed by atoms with Gasteiger partial charge in [0, 0.05) is 18.8 Å². The molecule has 1 aliphatic carbocycles. The van der Waals surface area contributed by atoms with Crippen molar-refractivity contribution in [2.45, 2.75) is 38.3 Å². The molecular formula is C22H24FN3O4S. The Bertz CT molecular complexity index is 987. The Morgan fingerprint density at radius 3 is 2.84 bits per heavy atom. The summed E-state index contributed by atoms with van der Waals surface area (Å²) in [6, 6.07) is 5.72. The van der Waals surface area contributed by atoms with Crippen molar-refractivity contribution in [2.75, 3.05) is 20.3 Å². The van der Waals surface area contributed by atoms with Crippen molar-refractivity contribution in [1.29, 1.82) is 0 Å². The van der Waals surface area contributed by atoms with Gasteiger partial charge in [-0.2, -0.15) is 0 Å². The van der Waals surface area contributed by atoms with Crippen LogP contribution in [0.5, 0.6) is 0 Å². The van der Waals surface area contributed by atoms with Gasteiger partial charge in [-0.25, -0.2) is 14.2 Å². The number of fused-ring (bicyclic) bond motifs is 1. The van der Waals surface area contributed by atoms with Gasteiger partial charge in [0.15, 0.2) is 5.17 Å². The molecule has 1 unspecified atom stereocenters. The number of rotatable bonds is 8. The monoisotopic (exact) mass is 445 g/mol. The molecule has 31 heavy (non-hydrogen) atoms. The Hall–Kier alpha value is -2.65. The smallest absolute Gasteiger partial charge is 0.338 e. The molecule has 0 saturated heterocycles. The zero-order valence-electron chi connectivity index (χ0n) is 17.4. The van der Waals surface area contributed by atoms with Crippen molar-refractivity contribution in [3.05, 3.63) is 58.0 Å². The summed E-state index contributed by atoms with van der Waals surface area (Å²) >= 11 is 1.39. The van der Waals surface area contributed by atoms with E-state index in [2.05, 4.69) is 10.3 Å². The van der Waals surface area contributed by atoms with Crippen LogP contribution in [0.3, 0.4) is 0 Å². The van der Waals surface area contributed by atoms with Crippen molar-refractivity contribution in [3.63, 3.8) is 0 Å². The maximum Gasteiger partial charge on any atom is 0.338 e. The van der Waals surface area contributed by atoms with Crippen LogP contribution in [0.1, 0.15) is 37.8 Å². The topological polar surface area (TPSA) is 80.2 Å². The maximum absolute atomic E-state index is 14.1. The van der Waals surface area contributed by atoms with E-state index >= 15 is 0 Å². The number of amides is 1. The molecule has 1 fully saturated rings. The average Bonchev–Trinajstić information content (AvgIpc) is 3.46. The van der Waals surface area contributed by atoms with Crippen LogP contribution in [0.2, 0.25) is 0 Å². The SMILES string of the molecule is COCCOC(=O)C1=C(C)N=C2SC=C(CC(=O)NC3CC3)N2C1c1cccc(F)c1. The third kappa shape index (κ3) is 4.83. The zero-order valence-corrected chi connectivity index (χ0v) is 18.2. The highest BCUT2D eigenvalue weighted by Crippen LogP contribution is 2.45. The molecule has 9 heteroatoms. The lowest BCUT2D eigenvalue weighted by atomic mass is 9.93. The number of thioether (sulfide) groups is 1. The number of allylic oxidation sites excluding steroid dienone is 1. The van der Waals surface area contributed by atoms with Crippen molar-refractivity contribution < 1.29 is 23.5 Å². The van der Waals surface area contributed by atoms with E-state index in [9.17, 15) is 14.0 Å². The Balaban J connectivity index is 1.67. The van der Waals surface area contributed by atoms with Crippen LogP contribution in [-0.2, 0) is 19.1 Å². The van der Waals surface area contributed by atoms with Crippen LogP contribution in [0.15, 0.2) is 51.6 Å². The van der Waals surface area contributed by atoms with E-state index in [1.165, 1.54) is 31.0 Å². The number of halogens is 1. The average molecular weight is 446 g/mol. The number of hydrogen-bond acceptors (Lipinski definition) is 7. The molecule has 0 radical (unpaired) electrons. The number of carbonyl (C=O) groups is 2. The number of amidine groups is 1. The van der Waals surface area contributed by atoms with Gasteiger partial charge in [0.2, 0.25) is 5.91 Å². The Labute approximate surface area is 184 Å². The van der Waals surface area contributed by atoms with Gasteiger partial charge in [-0.05, 0) is 42.9 Å². The summed E-state index contributed by atoms with van der Waals surface area (Å²) in [6.45, 7) is 2.10. The largest absolute Gasteiger partial charge is 0.460 e. The number of benzene rings is 1. The minimum absolute atomic E-state index is 0.0795. The normalized spacial score (nSPS) is 20.2.